The molecule has 0 bridgehead atoms. The molecule has 142 valence electrons. The number of ether oxygens (including phenoxy) is 1. The Labute approximate surface area is 154 Å². The van der Waals surface area contributed by atoms with E-state index in [1.165, 1.54) is 7.11 Å². The lowest BCUT2D eigenvalue weighted by Crippen LogP contribution is -2.42. The van der Waals surface area contributed by atoms with Crippen LogP contribution in [0.25, 0.3) is 5.65 Å². The number of carbonyl (C=O) groups excluding carboxylic acids is 2. The third-order valence-electron chi connectivity index (χ3n) is 4.42. The van der Waals surface area contributed by atoms with Crippen LogP contribution in [0, 0.1) is 26.7 Å². The van der Waals surface area contributed by atoms with E-state index in [9.17, 15) is 9.59 Å². The second-order valence-electron chi connectivity index (χ2n) is 7.09. The standard InChI is InChI=1S/C19H28N4O3/c1-11(2)9-16(19(25)26-6)21-18(24)8-7-15-13(4)20-17-10-12(3)22-23(17)14(15)5/h10-11,16H,7-9H2,1-6H3,(H,21,24)/t16-/m1/s1. The number of nitrogens with one attached hydrogen (secondary N) is 1. The Morgan fingerprint density at radius 2 is 1.96 bits per heavy atom. The highest BCUT2D eigenvalue weighted by atomic mass is 16.5. The molecule has 0 spiro atoms. The molecule has 2 aromatic rings. The summed E-state index contributed by atoms with van der Waals surface area (Å²) in [7, 11) is 1.33. The van der Waals surface area contributed by atoms with E-state index in [2.05, 4.69) is 15.4 Å². The van der Waals surface area contributed by atoms with Crippen LogP contribution in [0.5, 0.6) is 0 Å². The average Bonchev–Trinajstić information content (AvgIpc) is 2.93. The molecule has 0 fully saturated rings. The number of fused-ring (bicyclic) bond motifs is 1. The molecule has 0 radical (unpaired) electrons. The van der Waals surface area contributed by atoms with Crippen molar-refractivity contribution in [2.45, 2.75) is 59.9 Å². The maximum absolute atomic E-state index is 12.4. The fourth-order valence-electron chi connectivity index (χ4n) is 3.14. The van der Waals surface area contributed by atoms with Crippen LogP contribution in [-0.4, -0.2) is 39.6 Å². The summed E-state index contributed by atoms with van der Waals surface area (Å²) in [6, 6.07) is 1.33. The van der Waals surface area contributed by atoms with Gasteiger partial charge in [0, 0.05) is 23.9 Å². The van der Waals surface area contributed by atoms with Crippen molar-refractivity contribution >= 4 is 17.5 Å². The van der Waals surface area contributed by atoms with Gasteiger partial charge in [0.15, 0.2) is 5.65 Å². The summed E-state index contributed by atoms with van der Waals surface area (Å²) in [4.78, 5) is 28.8. The normalized spacial score (nSPS) is 12.4. The molecule has 1 amide bonds. The van der Waals surface area contributed by atoms with E-state index in [-0.39, 0.29) is 18.2 Å². The van der Waals surface area contributed by atoms with Crippen LogP contribution in [0.3, 0.4) is 0 Å². The van der Waals surface area contributed by atoms with Gasteiger partial charge in [-0.25, -0.2) is 14.3 Å². The zero-order chi connectivity index (χ0) is 19.4. The van der Waals surface area contributed by atoms with Crippen LogP contribution in [0.15, 0.2) is 6.07 Å². The largest absolute Gasteiger partial charge is 0.467 e. The molecule has 26 heavy (non-hydrogen) atoms. The highest BCUT2D eigenvalue weighted by Crippen LogP contribution is 2.17. The number of carbonyl (C=O) groups is 2. The van der Waals surface area contributed by atoms with Crippen LogP contribution in [0.1, 0.15) is 49.3 Å². The number of aromatic nitrogens is 3. The van der Waals surface area contributed by atoms with E-state index in [4.69, 9.17) is 4.74 Å². The Balaban J connectivity index is 2.09. The van der Waals surface area contributed by atoms with Gasteiger partial charge in [0.1, 0.15) is 6.04 Å². The number of hydrogen-bond acceptors (Lipinski definition) is 5. The van der Waals surface area contributed by atoms with E-state index in [0.29, 0.717) is 12.8 Å². The number of aryl methyl sites for hydroxylation is 3. The zero-order valence-corrected chi connectivity index (χ0v) is 16.4. The first-order chi connectivity index (χ1) is 12.2. The van der Waals surface area contributed by atoms with Crippen molar-refractivity contribution in [3.8, 4) is 0 Å². The second kappa shape index (κ2) is 8.29. The van der Waals surface area contributed by atoms with Gasteiger partial charge in [0.2, 0.25) is 5.91 Å². The predicted octanol–water partition coefficient (Wildman–Crippen LogP) is 2.29. The molecule has 2 heterocycles. The van der Waals surface area contributed by atoms with Crippen molar-refractivity contribution in [1.82, 2.24) is 19.9 Å². The van der Waals surface area contributed by atoms with Crippen molar-refractivity contribution in [2.24, 2.45) is 5.92 Å². The number of rotatable bonds is 7. The van der Waals surface area contributed by atoms with Gasteiger partial charge < -0.3 is 10.1 Å². The molecule has 0 aliphatic rings. The molecular formula is C19H28N4O3. The first kappa shape index (κ1) is 19.9. The lowest BCUT2D eigenvalue weighted by molar-refractivity contribution is -0.145. The SMILES string of the molecule is COC(=O)[C@@H](CC(C)C)NC(=O)CCc1c(C)nc2cc(C)nn2c1C. The fourth-order valence-corrected chi connectivity index (χ4v) is 3.14. The molecule has 7 nitrogen and oxygen atoms in total. The van der Waals surface area contributed by atoms with Gasteiger partial charge in [0.05, 0.1) is 12.8 Å². The number of amides is 1. The number of esters is 1. The van der Waals surface area contributed by atoms with Crippen molar-refractivity contribution in [2.75, 3.05) is 7.11 Å². The molecule has 0 saturated carbocycles. The van der Waals surface area contributed by atoms with Gasteiger partial charge in [0.25, 0.3) is 0 Å². The highest BCUT2D eigenvalue weighted by Gasteiger charge is 2.22. The molecular weight excluding hydrogens is 332 g/mol. The molecule has 0 aromatic carbocycles. The summed E-state index contributed by atoms with van der Waals surface area (Å²) in [5.41, 5.74) is 4.61. The van der Waals surface area contributed by atoms with E-state index in [0.717, 1.165) is 28.3 Å². The topological polar surface area (TPSA) is 85.6 Å². The van der Waals surface area contributed by atoms with Crippen LogP contribution < -0.4 is 5.32 Å². The van der Waals surface area contributed by atoms with Crippen molar-refractivity contribution in [3.05, 3.63) is 28.7 Å². The summed E-state index contributed by atoms with van der Waals surface area (Å²) in [6.07, 6.45) is 1.37. The lowest BCUT2D eigenvalue weighted by atomic mass is 10.0. The quantitative estimate of drug-likeness (QED) is 0.766. The maximum atomic E-state index is 12.4. The van der Waals surface area contributed by atoms with Crippen LogP contribution in [0.2, 0.25) is 0 Å². The third kappa shape index (κ3) is 4.59. The van der Waals surface area contributed by atoms with E-state index in [1.54, 1.807) is 0 Å². The Morgan fingerprint density at radius 3 is 2.58 bits per heavy atom. The average molecular weight is 360 g/mol. The first-order valence-corrected chi connectivity index (χ1v) is 8.92. The molecule has 1 atom stereocenters. The predicted molar refractivity (Wildman–Crippen MR) is 98.9 cm³/mol. The van der Waals surface area contributed by atoms with Gasteiger partial charge in [-0.2, -0.15) is 5.10 Å². The summed E-state index contributed by atoms with van der Waals surface area (Å²) in [5, 5.41) is 7.24. The molecule has 0 saturated heterocycles. The molecule has 0 unspecified atom stereocenters. The smallest absolute Gasteiger partial charge is 0.328 e. The molecule has 2 rings (SSSR count). The molecule has 0 aliphatic carbocycles. The number of hydrogen-bond donors (Lipinski definition) is 1. The zero-order valence-electron chi connectivity index (χ0n) is 16.4. The Morgan fingerprint density at radius 1 is 1.27 bits per heavy atom. The second-order valence-corrected chi connectivity index (χ2v) is 7.09. The third-order valence-corrected chi connectivity index (χ3v) is 4.42. The maximum Gasteiger partial charge on any atom is 0.328 e. The van der Waals surface area contributed by atoms with Crippen molar-refractivity contribution in [3.63, 3.8) is 0 Å². The van der Waals surface area contributed by atoms with Crippen LogP contribution in [0.4, 0.5) is 0 Å². The van der Waals surface area contributed by atoms with E-state index >= 15 is 0 Å². The number of nitrogens with zero attached hydrogens (tertiary/aromatic N) is 3. The van der Waals surface area contributed by atoms with E-state index in [1.807, 2.05) is 45.2 Å². The van der Waals surface area contributed by atoms with Gasteiger partial charge in [-0.05, 0) is 45.1 Å². The minimum absolute atomic E-state index is 0.170. The highest BCUT2D eigenvalue weighted by molar-refractivity contribution is 5.84. The van der Waals surface area contributed by atoms with Gasteiger partial charge in [-0.1, -0.05) is 13.8 Å². The molecule has 0 aliphatic heterocycles. The number of methoxy groups -OCH3 is 1. The van der Waals surface area contributed by atoms with Gasteiger partial charge in [-0.3, -0.25) is 4.79 Å². The van der Waals surface area contributed by atoms with Gasteiger partial charge in [-0.15, -0.1) is 0 Å². The summed E-state index contributed by atoms with van der Waals surface area (Å²) < 4.78 is 6.60. The Bertz CT molecular complexity index is 811. The Kier molecular flexibility index (Phi) is 6.34. The minimum Gasteiger partial charge on any atom is -0.467 e. The minimum atomic E-state index is -0.607. The molecule has 1 N–H and O–H groups in total. The van der Waals surface area contributed by atoms with Crippen molar-refractivity contribution < 1.29 is 14.3 Å². The summed E-state index contributed by atoms with van der Waals surface area (Å²) in [5.74, 6) is -0.301. The summed E-state index contributed by atoms with van der Waals surface area (Å²) >= 11 is 0. The van der Waals surface area contributed by atoms with E-state index < -0.39 is 12.0 Å². The van der Waals surface area contributed by atoms with Crippen molar-refractivity contribution in [1.29, 1.82) is 0 Å². The fraction of sp³-hybridized carbons (Fsp3) is 0.579. The molecule has 7 heteroatoms. The monoisotopic (exact) mass is 360 g/mol. The lowest BCUT2D eigenvalue weighted by Gasteiger charge is -2.18. The van der Waals surface area contributed by atoms with Gasteiger partial charge >= 0.3 is 5.97 Å². The first-order valence-electron chi connectivity index (χ1n) is 8.92. The molecule has 2 aromatic heterocycles. The summed E-state index contributed by atoms with van der Waals surface area (Å²) in [6.45, 7) is 9.86. The Hall–Kier alpha value is -2.44. The van der Waals surface area contributed by atoms with Crippen LogP contribution in [-0.2, 0) is 20.7 Å². The van der Waals surface area contributed by atoms with Crippen LogP contribution >= 0.6 is 0 Å².